The largest absolute Gasteiger partial charge is 0.345 e. The summed E-state index contributed by atoms with van der Waals surface area (Å²) in [5, 5.41) is 0.565. The number of likely N-dealkylation sites (tertiary alicyclic amines) is 1. The Morgan fingerprint density at radius 1 is 1.11 bits per heavy atom. The normalized spacial score (nSPS) is 15.1. The smallest absolute Gasteiger partial charge is 0.254 e. The Balaban J connectivity index is 1.43. The van der Waals surface area contributed by atoms with E-state index in [9.17, 15) is 4.79 Å². The number of benzene rings is 2. The lowest BCUT2D eigenvalue weighted by molar-refractivity contribution is 0.0728. The molecule has 0 radical (unpaired) electrons. The molecule has 1 amide bonds. The van der Waals surface area contributed by atoms with Crippen molar-refractivity contribution in [2.75, 3.05) is 13.1 Å². The van der Waals surface area contributed by atoms with Crippen molar-refractivity contribution in [3.05, 3.63) is 72.1 Å². The highest BCUT2D eigenvalue weighted by atomic mass is 32.2. The van der Waals surface area contributed by atoms with Gasteiger partial charge in [0, 0.05) is 41.2 Å². The van der Waals surface area contributed by atoms with E-state index in [1.165, 1.54) is 10.5 Å². The fourth-order valence-electron chi connectivity index (χ4n) is 3.50. The number of aromatic nitrogens is 2. The van der Waals surface area contributed by atoms with E-state index in [1.54, 1.807) is 12.4 Å². The SMILES string of the molecule is Cc1ccccc1SC1CCN(C(=O)c2ccccc2-c2ncc[nH]2)CC1. The number of piperidine rings is 1. The van der Waals surface area contributed by atoms with Crippen LogP contribution in [0.5, 0.6) is 0 Å². The molecule has 0 bridgehead atoms. The van der Waals surface area contributed by atoms with E-state index in [2.05, 4.69) is 41.2 Å². The van der Waals surface area contributed by atoms with E-state index in [0.29, 0.717) is 5.25 Å². The van der Waals surface area contributed by atoms with Gasteiger partial charge in [0.1, 0.15) is 5.82 Å². The Morgan fingerprint density at radius 3 is 2.59 bits per heavy atom. The molecule has 0 atom stereocenters. The number of carbonyl (C=O) groups is 1. The molecule has 1 aliphatic rings. The number of hydrogen-bond acceptors (Lipinski definition) is 3. The quantitative estimate of drug-likeness (QED) is 0.712. The van der Waals surface area contributed by atoms with Gasteiger partial charge in [0.25, 0.3) is 5.91 Å². The molecular formula is C22H23N3OS. The predicted octanol–water partition coefficient (Wildman–Crippen LogP) is 4.78. The van der Waals surface area contributed by atoms with Crippen molar-refractivity contribution >= 4 is 17.7 Å². The topological polar surface area (TPSA) is 49.0 Å². The molecule has 2 aromatic carbocycles. The summed E-state index contributed by atoms with van der Waals surface area (Å²) in [5.41, 5.74) is 2.91. The molecule has 0 saturated carbocycles. The maximum Gasteiger partial charge on any atom is 0.254 e. The predicted molar refractivity (Wildman–Crippen MR) is 110 cm³/mol. The second-order valence-electron chi connectivity index (χ2n) is 6.86. The van der Waals surface area contributed by atoms with E-state index in [-0.39, 0.29) is 5.91 Å². The van der Waals surface area contributed by atoms with Crippen molar-refractivity contribution in [1.82, 2.24) is 14.9 Å². The number of rotatable bonds is 4. The fraction of sp³-hybridized carbons (Fsp3) is 0.273. The Bertz CT molecular complexity index is 915. The number of H-pyrrole nitrogens is 1. The van der Waals surface area contributed by atoms with Crippen LogP contribution in [0.25, 0.3) is 11.4 Å². The van der Waals surface area contributed by atoms with Gasteiger partial charge < -0.3 is 9.88 Å². The highest BCUT2D eigenvalue weighted by Crippen LogP contribution is 2.33. The van der Waals surface area contributed by atoms with Gasteiger partial charge in [0.2, 0.25) is 0 Å². The third kappa shape index (κ3) is 3.93. The lowest BCUT2D eigenvalue weighted by Crippen LogP contribution is -2.39. The van der Waals surface area contributed by atoms with Crippen LogP contribution in [0.3, 0.4) is 0 Å². The third-order valence-corrected chi connectivity index (χ3v) is 6.54. The molecule has 4 rings (SSSR count). The van der Waals surface area contributed by atoms with E-state index < -0.39 is 0 Å². The van der Waals surface area contributed by atoms with Crippen molar-refractivity contribution in [2.45, 2.75) is 29.9 Å². The standard InChI is InChI=1S/C22H23N3OS/c1-16-6-2-5-9-20(16)27-17-10-14-25(15-11-17)22(26)19-8-4-3-7-18(19)21-23-12-13-24-21/h2-9,12-13,17H,10-11,14-15H2,1H3,(H,23,24). The highest BCUT2D eigenvalue weighted by Gasteiger charge is 2.26. The first-order valence-electron chi connectivity index (χ1n) is 9.33. The number of aryl methyl sites for hydroxylation is 1. The van der Waals surface area contributed by atoms with Crippen molar-refractivity contribution < 1.29 is 4.79 Å². The Hall–Kier alpha value is -2.53. The first-order chi connectivity index (χ1) is 13.2. The molecular weight excluding hydrogens is 354 g/mol. The van der Waals surface area contributed by atoms with Gasteiger partial charge in [-0.1, -0.05) is 36.4 Å². The molecule has 1 aromatic heterocycles. The van der Waals surface area contributed by atoms with E-state index in [4.69, 9.17) is 0 Å². The second kappa shape index (κ2) is 8.01. The number of imidazole rings is 1. The summed E-state index contributed by atoms with van der Waals surface area (Å²) >= 11 is 1.95. The Morgan fingerprint density at radius 2 is 1.85 bits per heavy atom. The van der Waals surface area contributed by atoms with Crippen molar-refractivity contribution in [3.63, 3.8) is 0 Å². The van der Waals surface area contributed by atoms with Gasteiger partial charge in [-0.3, -0.25) is 4.79 Å². The number of carbonyl (C=O) groups excluding carboxylic acids is 1. The first kappa shape index (κ1) is 17.9. The second-order valence-corrected chi connectivity index (χ2v) is 8.20. The molecule has 0 spiro atoms. The summed E-state index contributed by atoms with van der Waals surface area (Å²) in [5.74, 6) is 0.838. The summed E-state index contributed by atoms with van der Waals surface area (Å²) in [6, 6.07) is 16.2. The van der Waals surface area contributed by atoms with E-state index in [0.717, 1.165) is 42.9 Å². The molecule has 138 valence electrons. The van der Waals surface area contributed by atoms with E-state index >= 15 is 0 Å². The summed E-state index contributed by atoms with van der Waals surface area (Å²) < 4.78 is 0. The summed E-state index contributed by atoms with van der Waals surface area (Å²) in [4.78, 5) is 23.9. The number of nitrogens with one attached hydrogen (secondary N) is 1. The molecule has 4 nitrogen and oxygen atoms in total. The van der Waals surface area contributed by atoms with Crippen LogP contribution in [-0.4, -0.2) is 39.1 Å². The van der Waals surface area contributed by atoms with Gasteiger partial charge in [-0.15, -0.1) is 11.8 Å². The molecule has 2 heterocycles. The summed E-state index contributed by atoms with van der Waals surface area (Å²) in [6.45, 7) is 3.76. The minimum atomic E-state index is 0.0985. The zero-order chi connectivity index (χ0) is 18.6. The van der Waals surface area contributed by atoms with Crippen LogP contribution in [0.15, 0.2) is 65.8 Å². The van der Waals surface area contributed by atoms with Gasteiger partial charge in [0.05, 0.1) is 5.56 Å². The number of amides is 1. The lowest BCUT2D eigenvalue weighted by atomic mass is 10.0. The van der Waals surface area contributed by atoms with Gasteiger partial charge in [-0.05, 0) is 37.5 Å². The molecule has 3 aromatic rings. The van der Waals surface area contributed by atoms with Crippen LogP contribution in [-0.2, 0) is 0 Å². The van der Waals surface area contributed by atoms with Crippen molar-refractivity contribution in [1.29, 1.82) is 0 Å². The van der Waals surface area contributed by atoms with Crippen LogP contribution < -0.4 is 0 Å². The van der Waals surface area contributed by atoms with Crippen LogP contribution >= 0.6 is 11.8 Å². The zero-order valence-electron chi connectivity index (χ0n) is 15.4. The summed E-state index contributed by atoms with van der Waals surface area (Å²) in [6.07, 6.45) is 5.54. The lowest BCUT2D eigenvalue weighted by Gasteiger charge is -2.32. The molecule has 1 fully saturated rings. The molecule has 0 unspecified atom stereocenters. The molecule has 5 heteroatoms. The average molecular weight is 378 g/mol. The van der Waals surface area contributed by atoms with Gasteiger partial charge in [-0.2, -0.15) is 0 Å². The molecule has 0 aliphatic carbocycles. The summed E-state index contributed by atoms with van der Waals surface area (Å²) in [7, 11) is 0. The zero-order valence-corrected chi connectivity index (χ0v) is 16.2. The Kier molecular flexibility index (Phi) is 5.30. The van der Waals surface area contributed by atoms with Crippen LogP contribution in [0.1, 0.15) is 28.8 Å². The maximum atomic E-state index is 13.1. The Labute approximate surface area is 164 Å². The molecule has 1 aliphatic heterocycles. The highest BCUT2D eigenvalue weighted by molar-refractivity contribution is 8.00. The molecule has 1 N–H and O–H groups in total. The van der Waals surface area contributed by atoms with Crippen LogP contribution in [0, 0.1) is 6.92 Å². The monoisotopic (exact) mass is 377 g/mol. The maximum absolute atomic E-state index is 13.1. The number of aromatic amines is 1. The van der Waals surface area contributed by atoms with Crippen LogP contribution in [0.4, 0.5) is 0 Å². The van der Waals surface area contributed by atoms with E-state index in [1.807, 2.05) is 40.9 Å². The van der Waals surface area contributed by atoms with Gasteiger partial charge in [0.15, 0.2) is 0 Å². The first-order valence-corrected chi connectivity index (χ1v) is 10.2. The van der Waals surface area contributed by atoms with Crippen molar-refractivity contribution in [2.24, 2.45) is 0 Å². The minimum absolute atomic E-state index is 0.0985. The number of thioether (sulfide) groups is 1. The van der Waals surface area contributed by atoms with Crippen LogP contribution in [0.2, 0.25) is 0 Å². The number of hydrogen-bond donors (Lipinski definition) is 1. The number of nitrogens with zero attached hydrogens (tertiary/aromatic N) is 2. The van der Waals surface area contributed by atoms with Gasteiger partial charge >= 0.3 is 0 Å². The fourth-order valence-corrected chi connectivity index (χ4v) is 4.72. The molecule has 27 heavy (non-hydrogen) atoms. The van der Waals surface area contributed by atoms with Crippen molar-refractivity contribution in [3.8, 4) is 11.4 Å². The third-order valence-electron chi connectivity index (χ3n) is 5.03. The minimum Gasteiger partial charge on any atom is -0.345 e. The molecule has 1 saturated heterocycles. The average Bonchev–Trinajstić information content (AvgIpc) is 3.24. The van der Waals surface area contributed by atoms with Gasteiger partial charge in [-0.25, -0.2) is 4.98 Å².